The summed E-state index contributed by atoms with van der Waals surface area (Å²) in [7, 11) is 1.66. The van der Waals surface area contributed by atoms with E-state index in [4.69, 9.17) is 4.74 Å². The summed E-state index contributed by atoms with van der Waals surface area (Å²) in [6.07, 6.45) is 0.936. The second-order valence-corrected chi connectivity index (χ2v) is 8.13. The lowest BCUT2D eigenvalue weighted by Crippen LogP contribution is -2.38. The van der Waals surface area contributed by atoms with E-state index >= 15 is 0 Å². The maximum atomic E-state index is 12.9. The van der Waals surface area contributed by atoms with Crippen molar-refractivity contribution in [3.8, 4) is 16.9 Å². The topological polar surface area (TPSA) is 58.6 Å². The minimum absolute atomic E-state index is 0.00629. The van der Waals surface area contributed by atoms with E-state index in [0.29, 0.717) is 32.5 Å². The van der Waals surface area contributed by atoms with E-state index in [-0.39, 0.29) is 17.7 Å². The fourth-order valence-corrected chi connectivity index (χ4v) is 4.13. The monoisotopic (exact) mass is 428 g/mol. The number of rotatable bonds is 6. The molecular formula is C27H28N2O3. The third-order valence-corrected chi connectivity index (χ3v) is 5.86. The van der Waals surface area contributed by atoms with E-state index in [1.807, 2.05) is 71.6 Å². The van der Waals surface area contributed by atoms with Crippen molar-refractivity contribution in [2.45, 2.75) is 12.8 Å². The van der Waals surface area contributed by atoms with Crippen molar-refractivity contribution in [1.29, 1.82) is 0 Å². The van der Waals surface area contributed by atoms with Gasteiger partial charge in [0.2, 0.25) is 11.8 Å². The first kappa shape index (κ1) is 21.6. The zero-order valence-corrected chi connectivity index (χ0v) is 18.3. The first-order chi connectivity index (χ1) is 15.6. The molecule has 0 unspecified atom stereocenters. The van der Waals surface area contributed by atoms with Crippen molar-refractivity contribution in [1.82, 2.24) is 10.2 Å². The average molecular weight is 429 g/mol. The van der Waals surface area contributed by atoms with Crippen LogP contribution in [0.2, 0.25) is 0 Å². The van der Waals surface area contributed by atoms with Crippen molar-refractivity contribution < 1.29 is 14.3 Å². The van der Waals surface area contributed by atoms with Gasteiger partial charge in [0, 0.05) is 19.6 Å². The number of nitrogens with one attached hydrogen (secondary N) is 1. The van der Waals surface area contributed by atoms with Crippen molar-refractivity contribution in [2.75, 3.05) is 26.7 Å². The number of methoxy groups -OCH3 is 1. The molecule has 0 spiro atoms. The van der Waals surface area contributed by atoms with Gasteiger partial charge in [-0.05, 0) is 40.8 Å². The maximum absolute atomic E-state index is 12.9. The molecule has 0 radical (unpaired) electrons. The van der Waals surface area contributed by atoms with Crippen molar-refractivity contribution in [3.63, 3.8) is 0 Å². The van der Waals surface area contributed by atoms with Crippen molar-refractivity contribution >= 4 is 11.8 Å². The third-order valence-electron chi connectivity index (χ3n) is 5.86. The minimum Gasteiger partial charge on any atom is -0.497 e. The minimum atomic E-state index is -0.280. The molecule has 1 saturated heterocycles. The zero-order chi connectivity index (χ0) is 22.3. The highest BCUT2D eigenvalue weighted by Crippen LogP contribution is 2.25. The van der Waals surface area contributed by atoms with Gasteiger partial charge in [-0.15, -0.1) is 0 Å². The molecule has 5 nitrogen and oxygen atoms in total. The molecule has 3 aromatic carbocycles. The smallest absolute Gasteiger partial charge is 0.227 e. The van der Waals surface area contributed by atoms with Crippen LogP contribution in [-0.2, 0) is 22.4 Å². The fraction of sp³-hybridized carbons (Fsp3) is 0.259. The quantitative estimate of drug-likeness (QED) is 0.651. The predicted molar refractivity (Wildman–Crippen MR) is 125 cm³/mol. The molecular weight excluding hydrogens is 400 g/mol. The van der Waals surface area contributed by atoms with E-state index in [0.717, 1.165) is 28.0 Å². The second kappa shape index (κ2) is 10.1. The summed E-state index contributed by atoms with van der Waals surface area (Å²) >= 11 is 0. The second-order valence-electron chi connectivity index (χ2n) is 8.13. The summed E-state index contributed by atoms with van der Waals surface area (Å²) < 4.78 is 5.34. The summed E-state index contributed by atoms with van der Waals surface area (Å²) in [6.45, 7) is 1.46. The van der Waals surface area contributed by atoms with E-state index in [1.54, 1.807) is 7.11 Å². The first-order valence-electron chi connectivity index (χ1n) is 10.9. The lowest BCUT2D eigenvalue weighted by molar-refractivity contribution is -0.131. The number of carbonyl (C=O) groups is 2. The van der Waals surface area contributed by atoms with Gasteiger partial charge in [0.1, 0.15) is 5.75 Å². The highest BCUT2D eigenvalue weighted by atomic mass is 16.5. The van der Waals surface area contributed by atoms with Gasteiger partial charge in [0.15, 0.2) is 0 Å². The average Bonchev–Trinajstić information content (AvgIpc) is 3.01. The Morgan fingerprint density at radius 3 is 2.47 bits per heavy atom. The summed E-state index contributed by atoms with van der Waals surface area (Å²) in [5.41, 5.74) is 4.20. The van der Waals surface area contributed by atoms with Gasteiger partial charge in [-0.1, -0.05) is 66.7 Å². The normalized spacial score (nSPS) is 16.2. The molecule has 32 heavy (non-hydrogen) atoms. The summed E-state index contributed by atoms with van der Waals surface area (Å²) in [6, 6.07) is 25.9. The molecule has 0 saturated carbocycles. The molecule has 0 aliphatic carbocycles. The van der Waals surface area contributed by atoms with Gasteiger partial charge >= 0.3 is 0 Å². The van der Waals surface area contributed by atoms with Gasteiger partial charge in [-0.2, -0.15) is 0 Å². The Morgan fingerprint density at radius 2 is 1.69 bits per heavy atom. The summed E-state index contributed by atoms with van der Waals surface area (Å²) in [5.74, 6) is 0.594. The van der Waals surface area contributed by atoms with Gasteiger partial charge in [-0.25, -0.2) is 0 Å². The van der Waals surface area contributed by atoms with Crippen LogP contribution in [0.5, 0.6) is 5.75 Å². The van der Waals surface area contributed by atoms with Crippen LogP contribution in [0.4, 0.5) is 0 Å². The molecule has 1 fully saturated rings. The van der Waals surface area contributed by atoms with Crippen LogP contribution in [0.25, 0.3) is 11.1 Å². The molecule has 0 bridgehead atoms. The Bertz CT molecular complexity index is 1080. The zero-order valence-electron chi connectivity index (χ0n) is 18.3. The standard InChI is InChI=1S/C27H28N2O3/c1-32-25-12-6-11-23(18-25)22-10-5-9-21(15-22)16-24-19-29(14-13-28-27(24)31)26(30)17-20-7-3-2-4-8-20/h2-12,15,18,24H,13-14,16-17,19H2,1H3,(H,28,31)/t24-/m0/s1. The van der Waals surface area contributed by atoms with Crippen LogP contribution in [0.1, 0.15) is 11.1 Å². The van der Waals surface area contributed by atoms with E-state index in [2.05, 4.69) is 17.4 Å². The number of amides is 2. The Kier molecular flexibility index (Phi) is 6.85. The lowest BCUT2D eigenvalue weighted by Gasteiger charge is -2.23. The molecule has 0 aromatic heterocycles. The van der Waals surface area contributed by atoms with E-state index in [9.17, 15) is 9.59 Å². The molecule has 3 aromatic rings. The number of ether oxygens (including phenoxy) is 1. The molecule has 1 N–H and O–H groups in total. The Hall–Kier alpha value is -3.60. The molecule has 4 rings (SSSR count). The lowest BCUT2D eigenvalue weighted by atomic mass is 9.95. The number of carbonyl (C=O) groups excluding carboxylic acids is 2. The molecule has 2 amide bonds. The SMILES string of the molecule is COc1cccc(-c2cccc(C[C@H]3CN(C(=O)Cc4ccccc4)CCNC3=O)c2)c1. The number of benzene rings is 3. The van der Waals surface area contributed by atoms with Crippen LogP contribution in [0.15, 0.2) is 78.9 Å². The van der Waals surface area contributed by atoms with Gasteiger partial charge in [-0.3, -0.25) is 9.59 Å². The predicted octanol–water partition coefficient (Wildman–Crippen LogP) is 3.72. The van der Waals surface area contributed by atoms with Crippen LogP contribution in [0, 0.1) is 5.92 Å². The van der Waals surface area contributed by atoms with Crippen LogP contribution < -0.4 is 10.1 Å². The van der Waals surface area contributed by atoms with Gasteiger partial charge < -0.3 is 15.0 Å². The van der Waals surface area contributed by atoms with E-state index in [1.165, 1.54) is 0 Å². The van der Waals surface area contributed by atoms with Crippen molar-refractivity contribution in [2.24, 2.45) is 5.92 Å². The molecule has 1 aliphatic heterocycles. The first-order valence-corrected chi connectivity index (χ1v) is 10.9. The van der Waals surface area contributed by atoms with E-state index < -0.39 is 0 Å². The van der Waals surface area contributed by atoms with Crippen LogP contribution in [0.3, 0.4) is 0 Å². The summed E-state index contributed by atoms with van der Waals surface area (Å²) in [5, 5.41) is 2.98. The Balaban J connectivity index is 1.48. The van der Waals surface area contributed by atoms with Crippen LogP contribution in [-0.4, -0.2) is 43.5 Å². The molecule has 1 heterocycles. The highest BCUT2D eigenvalue weighted by molar-refractivity contribution is 5.83. The van der Waals surface area contributed by atoms with Crippen LogP contribution >= 0.6 is 0 Å². The molecule has 1 atom stereocenters. The molecule has 1 aliphatic rings. The number of hydrogen-bond acceptors (Lipinski definition) is 3. The van der Waals surface area contributed by atoms with Crippen molar-refractivity contribution in [3.05, 3.63) is 90.0 Å². The Morgan fingerprint density at radius 1 is 0.969 bits per heavy atom. The third kappa shape index (κ3) is 5.35. The highest BCUT2D eigenvalue weighted by Gasteiger charge is 2.27. The molecule has 5 heteroatoms. The van der Waals surface area contributed by atoms with Gasteiger partial charge in [0.25, 0.3) is 0 Å². The number of nitrogens with zero attached hydrogens (tertiary/aromatic N) is 1. The Labute approximate surface area is 189 Å². The summed E-state index contributed by atoms with van der Waals surface area (Å²) in [4.78, 5) is 27.4. The largest absolute Gasteiger partial charge is 0.497 e. The molecule has 164 valence electrons. The fourth-order valence-electron chi connectivity index (χ4n) is 4.13. The van der Waals surface area contributed by atoms with Gasteiger partial charge in [0.05, 0.1) is 19.4 Å². The number of hydrogen-bond donors (Lipinski definition) is 1. The maximum Gasteiger partial charge on any atom is 0.227 e.